The van der Waals surface area contributed by atoms with Crippen LogP contribution in [0.2, 0.25) is 0 Å². The first kappa shape index (κ1) is 22.4. The highest BCUT2D eigenvalue weighted by Crippen LogP contribution is 2.60. The Morgan fingerprint density at radius 2 is 1.52 bits per heavy atom. The van der Waals surface area contributed by atoms with Crippen LogP contribution in [-0.4, -0.2) is 50.6 Å². The fourth-order valence-corrected chi connectivity index (χ4v) is 7.49. The number of nitrogens with zero attached hydrogens (tertiary/aromatic N) is 1. The molecule has 4 bridgehead atoms. The molecule has 1 aromatic rings. The van der Waals surface area contributed by atoms with E-state index in [9.17, 15) is 9.59 Å². The van der Waals surface area contributed by atoms with E-state index in [1.165, 1.54) is 19.3 Å². The Kier molecular flexibility index (Phi) is 5.91. The lowest BCUT2D eigenvalue weighted by molar-refractivity contribution is -0.160. The molecule has 5 fully saturated rings. The zero-order valence-corrected chi connectivity index (χ0v) is 20.0. The molecule has 0 spiro atoms. The third-order valence-corrected chi connectivity index (χ3v) is 8.55. The second-order valence-corrected chi connectivity index (χ2v) is 10.6. The summed E-state index contributed by atoms with van der Waals surface area (Å²) in [5.74, 6) is 4.11. The van der Waals surface area contributed by atoms with Crippen LogP contribution >= 0.6 is 0 Å². The number of methoxy groups -OCH3 is 3. The highest BCUT2D eigenvalue weighted by molar-refractivity contribution is 5.91. The van der Waals surface area contributed by atoms with Gasteiger partial charge in [-0.05, 0) is 75.2 Å². The maximum Gasteiger partial charge on any atom is 0.243 e. The Morgan fingerprint density at radius 3 is 2.09 bits per heavy atom. The Labute approximate surface area is 196 Å². The molecule has 1 unspecified atom stereocenters. The molecule has 4 aliphatic carbocycles. The third kappa shape index (κ3) is 3.93. The van der Waals surface area contributed by atoms with E-state index in [0.29, 0.717) is 48.1 Å². The Bertz CT molecular complexity index is 894. The van der Waals surface area contributed by atoms with Crippen molar-refractivity contribution >= 4 is 11.8 Å². The number of carbonyl (C=O) groups is 2. The molecule has 7 nitrogen and oxygen atoms in total. The SMILES string of the molecule is COc1cc(OC)c(OC)cc1CNC(=O)C1CCCN1C(=O)C12CC3CC(CC(C3)C1)C2. The number of rotatable bonds is 7. The lowest BCUT2D eigenvalue weighted by Gasteiger charge is -2.56. The van der Waals surface area contributed by atoms with Gasteiger partial charge < -0.3 is 24.4 Å². The molecule has 1 heterocycles. The molecule has 1 N–H and O–H groups in total. The highest BCUT2D eigenvalue weighted by Gasteiger charge is 2.56. The summed E-state index contributed by atoms with van der Waals surface area (Å²) >= 11 is 0. The number of likely N-dealkylation sites (tertiary alicyclic amines) is 1. The average molecular weight is 457 g/mol. The topological polar surface area (TPSA) is 77.1 Å². The van der Waals surface area contributed by atoms with Crippen molar-refractivity contribution in [3.8, 4) is 17.2 Å². The van der Waals surface area contributed by atoms with Crippen molar-refractivity contribution in [1.82, 2.24) is 10.2 Å². The first-order valence-electron chi connectivity index (χ1n) is 12.3. The molecule has 1 atom stereocenters. The van der Waals surface area contributed by atoms with Gasteiger partial charge in [-0.2, -0.15) is 0 Å². The zero-order valence-electron chi connectivity index (χ0n) is 20.0. The Balaban J connectivity index is 1.28. The molecule has 1 saturated heterocycles. The monoisotopic (exact) mass is 456 g/mol. The van der Waals surface area contributed by atoms with Gasteiger partial charge in [0.1, 0.15) is 11.8 Å². The van der Waals surface area contributed by atoms with E-state index in [-0.39, 0.29) is 23.3 Å². The highest BCUT2D eigenvalue weighted by atomic mass is 16.5. The molecule has 7 heteroatoms. The minimum absolute atomic E-state index is 0.0811. The first-order valence-corrected chi connectivity index (χ1v) is 12.3. The number of nitrogens with one attached hydrogen (secondary N) is 1. The van der Waals surface area contributed by atoms with Crippen LogP contribution in [0.4, 0.5) is 0 Å². The zero-order chi connectivity index (χ0) is 23.2. The van der Waals surface area contributed by atoms with Crippen LogP contribution in [0.25, 0.3) is 0 Å². The van der Waals surface area contributed by atoms with Crippen LogP contribution in [0.3, 0.4) is 0 Å². The molecule has 1 aliphatic heterocycles. The van der Waals surface area contributed by atoms with Gasteiger partial charge in [0, 0.05) is 24.7 Å². The summed E-state index contributed by atoms with van der Waals surface area (Å²) < 4.78 is 16.2. The molecular weight excluding hydrogens is 420 g/mol. The van der Waals surface area contributed by atoms with Crippen molar-refractivity contribution in [1.29, 1.82) is 0 Å². The van der Waals surface area contributed by atoms with Gasteiger partial charge in [0.05, 0.1) is 26.7 Å². The maximum atomic E-state index is 13.8. The van der Waals surface area contributed by atoms with E-state index in [0.717, 1.165) is 37.7 Å². The van der Waals surface area contributed by atoms with Gasteiger partial charge in [0.25, 0.3) is 0 Å². The van der Waals surface area contributed by atoms with E-state index in [4.69, 9.17) is 14.2 Å². The predicted octanol–water partition coefficient (Wildman–Crippen LogP) is 3.54. The molecule has 1 aromatic carbocycles. The van der Waals surface area contributed by atoms with Crippen molar-refractivity contribution in [3.05, 3.63) is 17.7 Å². The predicted molar refractivity (Wildman–Crippen MR) is 123 cm³/mol. The minimum Gasteiger partial charge on any atom is -0.496 e. The largest absolute Gasteiger partial charge is 0.496 e. The fraction of sp³-hybridized carbons (Fsp3) is 0.692. The van der Waals surface area contributed by atoms with Crippen molar-refractivity contribution in [3.63, 3.8) is 0 Å². The molecule has 180 valence electrons. The molecule has 6 rings (SSSR count). The van der Waals surface area contributed by atoms with Gasteiger partial charge in [-0.1, -0.05) is 0 Å². The standard InChI is InChI=1S/C26H36N2O5/c1-31-21-11-23(33-3)22(32-2)10-19(21)15-27-24(29)20-5-4-6-28(20)25(30)26-12-16-7-17(13-26)9-18(8-16)14-26/h10-11,16-18,20H,4-9,12-15H2,1-3H3,(H,27,29). The van der Waals surface area contributed by atoms with Crippen molar-refractivity contribution in [2.45, 2.75) is 64.0 Å². The fourth-order valence-electron chi connectivity index (χ4n) is 7.49. The van der Waals surface area contributed by atoms with Gasteiger partial charge in [0.2, 0.25) is 11.8 Å². The molecule has 0 radical (unpaired) electrons. The Hall–Kier alpha value is -2.44. The number of carbonyl (C=O) groups excluding carboxylic acids is 2. The number of ether oxygens (including phenoxy) is 3. The van der Waals surface area contributed by atoms with Crippen molar-refractivity contribution in [2.24, 2.45) is 23.2 Å². The summed E-state index contributed by atoms with van der Waals surface area (Å²) in [5, 5.41) is 3.05. The summed E-state index contributed by atoms with van der Waals surface area (Å²) in [7, 11) is 4.75. The summed E-state index contributed by atoms with van der Waals surface area (Å²) in [6.07, 6.45) is 8.64. The Morgan fingerprint density at radius 1 is 0.939 bits per heavy atom. The van der Waals surface area contributed by atoms with E-state index >= 15 is 0 Å². The maximum absolute atomic E-state index is 13.8. The van der Waals surface area contributed by atoms with Crippen molar-refractivity contribution in [2.75, 3.05) is 27.9 Å². The van der Waals surface area contributed by atoms with Crippen LogP contribution in [0.5, 0.6) is 17.2 Å². The van der Waals surface area contributed by atoms with E-state index in [1.54, 1.807) is 27.4 Å². The van der Waals surface area contributed by atoms with Gasteiger partial charge >= 0.3 is 0 Å². The van der Waals surface area contributed by atoms with Crippen molar-refractivity contribution < 1.29 is 23.8 Å². The second kappa shape index (κ2) is 8.73. The van der Waals surface area contributed by atoms with E-state index in [2.05, 4.69) is 5.32 Å². The third-order valence-electron chi connectivity index (χ3n) is 8.55. The first-order chi connectivity index (χ1) is 16.0. The lowest BCUT2D eigenvalue weighted by Crippen LogP contribution is -2.57. The number of amides is 2. The molecule has 2 amide bonds. The molecular formula is C26H36N2O5. The van der Waals surface area contributed by atoms with Gasteiger partial charge in [0.15, 0.2) is 11.5 Å². The molecule has 5 aliphatic rings. The normalized spacial score (nSPS) is 32.0. The van der Waals surface area contributed by atoms with Crippen LogP contribution in [-0.2, 0) is 16.1 Å². The summed E-state index contributed by atoms with van der Waals surface area (Å²) in [4.78, 5) is 29.0. The quantitative estimate of drug-likeness (QED) is 0.679. The van der Waals surface area contributed by atoms with Gasteiger partial charge in [-0.25, -0.2) is 0 Å². The lowest BCUT2D eigenvalue weighted by atomic mass is 9.49. The molecule has 33 heavy (non-hydrogen) atoms. The summed E-state index contributed by atoms with van der Waals surface area (Å²) in [5.41, 5.74) is 0.602. The van der Waals surface area contributed by atoms with Gasteiger partial charge in [-0.15, -0.1) is 0 Å². The van der Waals surface area contributed by atoms with Gasteiger partial charge in [-0.3, -0.25) is 9.59 Å². The average Bonchev–Trinajstić information content (AvgIpc) is 3.30. The summed E-state index contributed by atoms with van der Waals surface area (Å²) in [6.45, 7) is 0.997. The van der Waals surface area contributed by atoms with E-state index in [1.807, 2.05) is 11.0 Å². The second-order valence-electron chi connectivity index (χ2n) is 10.6. The minimum atomic E-state index is -0.378. The summed E-state index contributed by atoms with van der Waals surface area (Å²) in [6, 6.07) is 3.21. The van der Waals surface area contributed by atoms with Crippen LogP contribution in [0.15, 0.2) is 12.1 Å². The van der Waals surface area contributed by atoms with Crippen LogP contribution in [0, 0.1) is 23.2 Å². The number of hydrogen-bond donors (Lipinski definition) is 1. The number of benzene rings is 1. The number of hydrogen-bond acceptors (Lipinski definition) is 5. The van der Waals surface area contributed by atoms with Crippen LogP contribution < -0.4 is 19.5 Å². The molecule has 4 saturated carbocycles. The van der Waals surface area contributed by atoms with E-state index < -0.39 is 0 Å². The molecule has 0 aromatic heterocycles. The van der Waals surface area contributed by atoms with Crippen LogP contribution in [0.1, 0.15) is 56.9 Å². The smallest absolute Gasteiger partial charge is 0.243 e.